The lowest BCUT2D eigenvalue weighted by atomic mass is 9.93. The maximum atomic E-state index is 13.1. The summed E-state index contributed by atoms with van der Waals surface area (Å²) in [5.41, 5.74) is 4.13. The number of fused-ring (bicyclic) bond motifs is 2. The van der Waals surface area contributed by atoms with Crippen LogP contribution in [0.1, 0.15) is 40.5 Å². The summed E-state index contributed by atoms with van der Waals surface area (Å²) in [7, 11) is 6.07. The highest BCUT2D eigenvalue weighted by Crippen LogP contribution is 2.30. The summed E-state index contributed by atoms with van der Waals surface area (Å²) in [4.78, 5) is 15.3. The highest BCUT2D eigenvalue weighted by atomic mass is 16.1. The van der Waals surface area contributed by atoms with Crippen molar-refractivity contribution in [2.24, 2.45) is 7.05 Å². The molecule has 6 nitrogen and oxygen atoms in total. The van der Waals surface area contributed by atoms with Crippen molar-refractivity contribution in [2.45, 2.75) is 31.8 Å². The first-order chi connectivity index (χ1) is 13.0. The van der Waals surface area contributed by atoms with Gasteiger partial charge in [-0.3, -0.25) is 9.48 Å². The third-order valence-electron chi connectivity index (χ3n) is 5.35. The van der Waals surface area contributed by atoms with Crippen molar-refractivity contribution < 1.29 is 4.79 Å². The second-order valence-corrected chi connectivity index (χ2v) is 7.68. The minimum absolute atomic E-state index is 0.00324. The molecule has 0 saturated carbocycles. The molecule has 6 heteroatoms. The molecule has 0 bridgehead atoms. The number of nitrogens with zero attached hydrogens (tertiary/aromatic N) is 4. The number of benzene rings is 1. The number of carbonyl (C=O) groups is 1. The molecule has 0 spiro atoms. The number of rotatable bonds is 5. The molecule has 3 aromatic rings. The molecule has 142 valence electrons. The topological polar surface area (TPSA) is 55.1 Å². The molecule has 4 rings (SSSR count). The van der Waals surface area contributed by atoms with E-state index in [0.717, 1.165) is 60.1 Å². The molecule has 1 aromatic carbocycles. The molecular formula is C21H27N5O. The molecule has 0 fully saturated rings. The third-order valence-corrected chi connectivity index (χ3v) is 5.35. The number of hydrogen-bond donors (Lipinski definition) is 1. The number of aromatic nitrogens is 3. The van der Waals surface area contributed by atoms with Gasteiger partial charge in [-0.2, -0.15) is 5.10 Å². The van der Waals surface area contributed by atoms with Crippen LogP contribution in [0.15, 0.2) is 36.7 Å². The van der Waals surface area contributed by atoms with E-state index < -0.39 is 0 Å². The molecule has 1 amide bonds. The van der Waals surface area contributed by atoms with E-state index in [1.165, 1.54) is 0 Å². The van der Waals surface area contributed by atoms with Gasteiger partial charge in [0.1, 0.15) is 0 Å². The number of amides is 1. The van der Waals surface area contributed by atoms with Gasteiger partial charge in [0.05, 0.1) is 17.3 Å². The summed E-state index contributed by atoms with van der Waals surface area (Å²) in [5, 5.41) is 8.80. The lowest BCUT2D eigenvalue weighted by Gasteiger charge is -2.22. The summed E-state index contributed by atoms with van der Waals surface area (Å²) in [5.74, 6) is -0.00324. The molecule has 27 heavy (non-hydrogen) atoms. The summed E-state index contributed by atoms with van der Waals surface area (Å²) < 4.78 is 4.03. The predicted molar refractivity (Wildman–Crippen MR) is 107 cm³/mol. The van der Waals surface area contributed by atoms with Crippen LogP contribution < -0.4 is 5.32 Å². The van der Waals surface area contributed by atoms with E-state index in [1.807, 2.05) is 42.3 Å². The van der Waals surface area contributed by atoms with Crippen molar-refractivity contribution in [1.82, 2.24) is 24.6 Å². The largest absolute Gasteiger partial charge is 0.345 e. The van der Waals surface area contributed by atoms with Crippen LogP contribution in [0.5, 0.6) is 0 Å². The molecule has 1 N–H and O–H groups in total. The van der Waals surface area contributed by atoms with Gasteiger partial charge in [-0.25, -0.2) is 0 Å². The van der Waals surface area contributed by atoms with Gasteiger partial charge in [0, 0.05) is 49.0 Å². The molecule has 1 atom stereocenters. The molecule has 1 aliphatic rings. The van der Waals surface area contributed by atoms with Crippen LogP contribution in [-0.4, -0.2) is 45.8 Å². The Kier molecular flexibility index (Phi) is 4.74. The van der Waals surface area contributed by atoms with E-state index in [1.54, 1.807) is 0 Å². The van der Waals surface area contributed by atoms with Gasteiger partial charge in [-0.1, -0.05) is 18.2 Å². The predicted octanol–water partition coefficient (Wildman–Crippen LogP) is 2.74. The first-order valence-corrected chi connectivity index (χ1v) is 9.59. The monoisotopic (exact) mass is 365 g/mol. The van der Waals surface area contributed by atoms with Crippen LogP contribution in [-0.2, 0) is 20.0 Å². The average molecular weight is 365 g/mol. The van der Waals surface area contributed by atoms with Crippen molar-refractivity contribution in [3.8, 4) is 0 Å². The van der Waals surface area contributed by atoms with Gasteiger partial charge >= 0.3 is 0 Å². The Labute approximate surface area is 159 Å². The fourth-order valence-electron chi connectivity index (χ4n) is 3.97. The zero-order valence-electron chi connectivity index (χ0n) is 16.3. The van der Waals surface area contributed by atoms with Crippen molar-refractivity contribution in [2.75, 3.05) is 20.6 Å². The zero-order valence-corrected chi connectivity index (χ0v) is 16.3. The summed E-state index contributed by atoms with van der Waals surface area (Å²) >= 11 is 0. The Morgan fingerprint density at radius 3 is 2.93 bits per heavy atom. The van der Waals surface area contributed by atoms with E-state index in [0.29, 0.717) is 0 Å². The molecule has 0 aliphatic heterocycles. The second-order valence-electron chi connectivity index (χ2n) is 7.68. The van der Waals surface area contributed by atoms with E-state index in [-0.39, 0.29) is 11.9 Å². The van der Waals surface area contributed by atoms with Crippen LogP contribution in [0, 0.1) is 0 Å². The normalized spacial score (nSPS) is 16.7. The quantitative estimate of drug-likeness (QED) is 0.756. The van der Waals surface area contributed by atoms with Crippen molar-refractivity contribution in [1.29, 1.82) is 0 Å². The lowest BCUT2D eigenvalue weighted by molar-refractivity contribution is 0.0934. The van der Waals surface area contributed by atoms with E-state index >= 15 is 0 Å². The molecule has 0 radical (unpaired) electrons. The summed E-state index contributed by atoms with van der Waals surface area (Å²) in [6.45, 7) is 1.79. The van der Waals surface area contributed by atoms with Gasteiger partial charge in [0.15, 0.2) is 0 Å². The van der Waals surface area contributed by atoms with Gasteiger partial charge in [-0.05, 0) is 39.4 Å². The number of likely N-dealkylation sites (N-methyl/N-ethyl adjacent to an activating group) is 1. The number of para-hydroxylation sites is 1. The standard InChI is InChI=1S/C21H27N5O/c1-24(2)11-12-26-14-16(15-7-4-5-10-20(15)26)21(27)22-18-8-6-9-19-17(18)13-25(3)23-19/h4-5,7,10,13-14,18H,6,8-9,11-12H2,1-3H3,(H,22,27). The Morgan fingerprint density at radius 2 is 2.11 bits per heavy atom. The van der Waals surface area contributed by atoms with E-state index in [4.69, 9.17) is 0 Å². The molecule has 1 unspecified atom stereocenters. The summed E-state index contributed by atoms with van der Waals surface area (Å²) in [6, 6.07) is 8.18. The van der Waals surface area contributed by atoms with E-state index in [2.05, 4.69) is 40.0 Å². The second kappa shape index (κ2) is 7.19. The first kappa shape index (κ1) is 17.8. The van der Waals surface area contributed by atoms with Crippen molar-refractivity contribution in [3.63, 3.8) is 0 Å². The smallest absolute Gasteiger partial charge is 0.253 e. The van der Waals surface area contributed by atoms with Crippen LogP contribution >= 0.6 is 0 Å². The maximum absolute atomic E-state index is 13.1. The number of nitrogens with one attached hydrogen (secondary N) is 1. The Hall–Kier alpha value is -2.60. The van der Waals surface area contributed by atoms with Crippen LogP contribution in [0.2, 0.25) is 0 Å². The minimum atomic E-state index is -0.00324. The maximum Gasteiger partial charge on any atom is 0.253 e. The fraction of sp³-hybridized carbons (Fsp3) is 0.429. The summed E-state index contributed by atoms with van der Waals surface area (Å²) in [6.07, 6.45) is 7.05. The highest BCUT2D eigenvalue weighted by molar-refractivity contribution is 6.07. The lowest BCUT2D eigenvalue weighted by Crippen LogP contribution is -2.30. The Balaban J connectivity index is 1.62. The number of aryl methyl sites for hydroxylation is 2. The first-order valence-electron chi connectivity index (χ1n) is 9.59. The zero-order chi connectivity index (χ0) is 19.0. The van der Waals surface area contributed by atoms with Gasteiger partial charge in [0.25, 0.3) is 5.91 Å². The number of hydrogen-bond acceptors (Lipinski definition) is 3. The fourth-order valence-corrected chi connectivity index (χ4v) is 3.97. The van der Waals surface area contributed by atoms with Crippen molar-refractivity contribution in [3.05, 3.63) is 53.5 Å². The van der Waals surface area contributed by atoms with Crippen LogP contribution in [0.4, 0.5) is 0 Å². The Morgan fingerprint density at radius 1 is 1.30 bits per heavy atom. The van der Waals surface area contributed by atoms with Crippen LogP contribution in [0.3, 0.4) is 0 Å². The molecule has 0 saturated heterocycles. The molecular weight excluding hydrogens is 338 g/mol. The minimum Gasteiger partial charge on any atom is -0.345 e. The van der Waals surface area contributed by atoms with Crippen LogP contribution in [0.25, 0.3) is 10.9 Å². The van der Waals surface area contributed by atoms with Gasteiger partial charge < -0.3 is 14.8 Å². The molecule has 2 aromatic heterocycles. The SMILES string of the molecule is CN(C)CCn1cc(C(=O)NC2CCCc3nn(C)cc32)c2ccccc21. The Bertz CT molecular complexity index is 968. The average Bonchev–Trinajstić information content (AvgIpc) is 3.20. The van der Waals surface area contributed by atoms with Gasteiger partial charge in [0.2, 0.25) is 0 Å². The highest BCUT2D eigenvalue weighted by Gasteiger charge is 2.26. The van der Waals surface area contributed by atoms with E-state index in [9.17, 15) is 4.79 Å². The third kappa shape index (κ3) is 3.49. The van der Waals surface area contributed by atoms with Gasteiger partial charge in [-0.15, -0.1) is 0 Å². The van der Waals surface area contributed by atoms with Crippen molar-refractivity contribution >= 4 is 16.8 Å². The number of carbonyl (C=O) groups excluding carboxylic acids is 1. The molecule has 1 aliphatic carbocycles. The molecule has 2 heterocycles.